The van der Waals surface area contributed by atoms with Crippen molar-refractivity contribution in [2.45, 2.75) is 13.5 Å². The molecule has 1 aromatic carbocycles. The Hall–Kier alpha value is -2.76. The molecule has 0 radical (unpaired) electrons. The molecule has 0 aliphatic carbocycles. The van der Waals surface area contributed by atoms with Crippen molar-refractivity contribution in [1.29, 1.82) is 0 Å². The van der Waals surface area contributed by atoms with Crippen molar-refractivity contribution in [3.05, 3.63) is 58.0 Å². The maximum atomic E-state index is 11.7. The summed E-state index contributed by atoms with van der Waals surface area (Å²) < 4.78 is 6.90. The molecule has 0 unspecified atom stereocenters. The molecule has 0 saturated carbocycles. The molecule has 0 fully saturated rings. The first-order chi connectivity index (χ1) is 9.66. The third-order valence-corrected chi connectivity index (χ3v) is 3.09. The minimum atomic E-state index is -0.337. The predicted molar refractivity (Wildman–Crippen MR) is 73.0 cm³/mol. The molecular weight excluding hydrogens is 258 g/mol. The zero-order valence-electron chi connectivity index (χ0n) is 10.8. The average molecular weight is 271 g/mol. The molecule has 0 bridgehead atoms. The highest BCUT2D eigenvalue weighted by atomic mass is 16.5. The first-order valence-electron chi connectivity index (χ1n) is 6.13. The third-order valence-electron chi connectivity index (χ3n) is 3.09. The largest absolute Gasteiger partial charge is 0.493 e. The molecule has 2 N–H and O–H groups in total. The maximum Gasteiger partial charge on any atom is 0.257 e. The highest BCUT2D eigenvalue weighted by molar-refractivity contribution is 5.49. The van der Waals surface area contributed by atoms with Crippen LogP contribution in [0.4, 0.5) is 0 Å². The van der Waals surface area contributed by atoms with E-state index in [1.165, 1.54) is 11.4 Å². The van der Waals surface area contributed by atoms with Gasteiger partial charge in [0.1, 0.15) is 18.0 Å². The minimum Gasteiger partial charge on any atom is -0.493 e. The van der Waals surface area contributed by atoms with Crippen molar-refractivity contribution in [2.75, 3.05) is 0 Å². The van der Waals surface area contributed by atoms with Gasteiger partial charge in [0, 0.05) is 0 Å². The third kappa shape index (κ3) is 2.01. The van der Waals surface area contributed by atoms with Gasteiger partial charge >= 0.3 is 0 Å². The number of hydrogen-bond donors (Lipinski definition) is 2. The standard InChI is InChI=1S/C14H13N3O3/c1-9-13(18)16-12-10(7-15-17(12)14(9)19)8-20-11-5-3-2-4-6-11/h2-7,19H,8H2,1H3,(H,16,18). The lowest BCUT2D eigenvalue weighted by atomic mass is 10.3. The average Bonchev–Trinajstić information content (AvgIpc) is 2.87. The molecule has 3 aromatic rings. The van der Waals surface area contributed by atoms with Gasteiger partial charge in [-0.3, -0.25) is 4.79 Å². The second kappa shape index (κ2) is 4.73. The highest BCUT2D eigenvalue weighted by Crippen LogP contribution is 2.17. The van der Waals surface area contributed by atoms with E-state index in [0.717, 1.165) is 5.75 Å². The minimum absolute atomic E-state index is 0.158. The van der Waals surface area contributed by atoms with Gasteiger partial charge in [-0.15, -0.1) is 0 Å². The Morgan fingerprint density at radius 1 is 1.35 bits per heavy atom. The zero-order valence-corrected chi connectivity index (χ0v) is 10.8. The monoisotopic (exact) mass is 271 g/mol. The van der Waals surface area contributed by atoms with Gasteiger partial charge in [0.2, 0.25) is 5.88 Å². The summed E-state index contributed by atoms with van der Waals surface area (Å²) in [4.78, 5) is 14.4. The van der Waals surface area contributed by atoms with Crippen molar-refractivity contribution in [2.24, 2.45) is 0 Å². The lowest BCUT2D eigenvalue weighted by Gasteiger charge is -2.05. The van der Waals surface area contributed by atoms with Gasteiger partial charge < -0.3 is 14.8 Å². The summed E-state index contributed by atoms with van der Waals surface area (Å²) in [5.41, 5.74) is 1.03. The van der Waals surface area contributed by atoms with Gasteiger partial charge in [0.25, 0.3) is 5.56 Å². The van der Waals surface area contributed by atoms with Gasteiger partial charge in [0.05, 0.1) is 17.3 Å². The molecule has 20 heavy (non-hydrogen) atoms. The van der Waals surface area contributed by atoms with Gasteiger partial charge in [0.15, 0.2) is 0 Å². The van der Waals surface area contributed by atoms with E-state index in [1.807, 2.05) is 30.3 Å². The van der Waals surface area contributed by atoms with Crippen LogP contribution < -0.4 is 10.3 Å². The Morgan fingerprint density at radius 3 is 2.85 bits per heavy atom. The van der Waals surface area contributed by atoms with Crippen LogP contribution in [0, 0.1) is 6.92 Å². The van der Waals surface area contributed by atoms with Gasteiger partial charge in [-0.1, -0.05) is 18.2 Å². The number of fused-ring (bicyclic) bond motifs is 1. The van der Waals surface area contributed by atoms with E-state index in [0.29, 0.717) is 11.2 Å². The molecule has 6 heteroatoms. The van der Waals surface area contributed by atoms with E-state index < -0.39 is 0 Å². The number of H-pyrrole nitrogens is 1. The van der Waals surface area contributed by atoms with Gasteiger partial charge in [-0.2, -0.15) is 9.61 Å². The normalized spacial score (nSPS) is 10.8. The van der Waals surface area contributed by atoms with Crippen LogP contribution in [0.25, 0.3) is 5.65 Å². The summed E-state index contributed by atoms with van der Waals surface area (Å²) in [5, 5.41) is 13.9. The Kier molecular flexibility index (Phi) is 2.90. The summed E-state index contributed by atoms with van der Waals surface area (Å²) in [6, 6.07) is 9.34. The lowest BCUT2D eigenvalue weighted by Crippen LogP contribution is -2.13. The van der Waals surface area contributed by atoms with E-state index in [4.69, 9.17) is 4.74 Å². The first-order valence-corrected chi connectivity index (χ1v) is 6.13. The number of aromatic hydroxyl groups is 1. The Balaban J connectivity index is 1.95. The fourth-order valence-corrected chi connectivity index (χ4v) is 1.92. The van der Waals surface area contributed by atoms with Crippen molar-refractivity contribution in [3.8, 4) is 11.6 Å². The van der Waals surface area contributed by atoms with Crippen molar-refractivity contribution >= 4 is 5.65 Å². The lowest BCUT2D eigenvalue weighted by molar-refractivity contribution is 0.307. The van der Waals surface area contributed by atoms with Crippen LogP contribution in [-0.2, 0) is 6.61 Å². The number of nitrogens with one attached hydrogen (secondary N) is 1. The van der Waals surface area contributed by atoms with Crippen LogP contribution in [0.1, 0.15) is 11.1 Å². The van der Waals surface area contributed by atoms with Crippen LogP contribution in [0.2, 0.25) is 0 Å². The van der Waals surface area contributed by atoms with Crippen LogP contribution in [-0.4, -0.2) is 19.7 Å². The second-order valence-electron chi connectivity index (χ2n) is 4.43. The molecule has 0 spiro atoms. The summed E-state index contributed by atoms with van der Waals surface area (Å²) in [6.45, 7) is 1.79. The van der Waals surface area contributed by atoms with Crippen molar-refractivity contribution in [3.63, 3.8) is 0 Å². The predicted octanol–water partition coefficient (Wildman–Crippen LogP) is 1.62. The molecule has 0 atom stereocenters. The first kappa shape index (κ1) is 12.3. The summed E-state index contributed by atoms with van der Waals surface area (Å²) in [6.07, 6.45) is 1.56. The molecule has 0 aliphatic heterocycles. The molecule has 2 heterocycles. The van der Waals surface area contributed by atoms with Crippen molar-refractivity contribution < 1.29 is 9.84 Å². The van der Waals surface area contributed by atoms with Crippen molar-refractivity contribution in [1.82, 2.24) is 14.6 Å². The van der Waals surface area contributed by atoms with E-state index in [-0.39, 0.29) is 23.6 Å². The molecule has 6 nitrogen and oxygen atoms in total. The molecule has 2 aromatic heterocycles. The fraction of sp³-hybridized carbons (Fsp3) is 0.143. The fourth-order valence-electron chi connectivity index (χ4n) is 1.92. The maximum absolute atomic E-state index is 11.7. The number of hydrogen-bond acceptors (Lipinski definition) is 4. The Bertz CT molecular complexity index is 806. The van der Waals surface area contributed by atoms with Gasteiger partial charge in [-0.05, 0) is 19.1 Å². The number of para-hydroxylation sites is 1. The SMILES string of the molecule is Cc1c(O)n2ncc(COc3ccccc3)c2[nH]c1=O. The number of benzene rings is 1. The molecule has 0 saturated heterocycles. The Labute approximate surface area is 114 Å². The molecular formula is C14H13N3O3. The van der Waals surface area contributed by atoms with Crippen LogP contribution in [0.5, 0.6) is 11.6 Å². The molecule has 0 amide bonds. The summed E-state index contributed by atoms with van der Waals surface area (Å²) in [7, 11) is 0. The number of ether oxygens (including phenoxy) is 1. The highest BCUT2D eigenvalue weighted by Gasteiger charge is 2.12. The number of aromatic amines is 1. The zero-order chi connectivity index (χ0) is 14.1. The number of aromatic nitrogens is 3. The summed E-state index contributed by atoms with van der Waals surface area (Å²) in [5.74, 6) is 0.570. The number of nitrogens with zero attached hydrogens (tertiary/aromatic N) is 2. The van der Waals surface area contributed by atoms with Crippen LogP contribution in [0.3, 0.4) is 0 Å². The van der Waals surface area contributed by atoms with Crippen LogP contribution >= 0.6 is 0 Å². The second-order valence-corrected chi connectivity index (χ2v) is 4.43. The smallest absolute Gasteiger partial charge is 0.257 e. The molecule has 102 valence electrons. The van der Waals surface area contributed by atoms with E-state index >= 15 is 0 Å². The quantitative estimate of drug-likeness (QED) is 0.758. The number of rotatable bonds is 3. The van der Waals surface area contributed by atoms with Gasteiger partial charge in [-0.25, -0.2) is 0 Å². The van der Waals surface area contributed by atoms with E-state index in [9.17, 15) is 9.90 Å². The molecule has 3 rings (SSSR count). The topological polar surface area (TPSA) is 79.6 Å². The van der Waals surface area contributed by atoms with E-state index in [2.05, 4.69) is 10.1 Å². The molecule has 0 aliphatic rings. The van der Waals surface area contributed by atoms with Crippen LogP contribution in [0.15, 0.2) is 41.3 Å². The summed E-state index contributed by atoms with van der Waals surface area (Å²) >= 11 is 0. The van der Waals surface area contributed by atoms with E-state index in [1.54, 1.807) is 6.20 Å². The Morgan fingerprint density at radius 2 is 2.10 bits per heavy atom.